The van der Waals surface area contributed by atoms with Crippen LogP contribution in [0, 0.1) is 0 Å². The molecule has 0 heterocycles. The molecule has 1 saturated carbocycles. The van der Waals surface area contributed by atoms with Crippen LogP contribution in [0.5, 0.6) is 0 Å². The van der Waals surface area contributed by atoms with Crippen LogP contribution in [0.3, 0.4) is 0 Å². The number of rotatable bonds is 5. The molecule has 0 saturated heterocycles. The number of aliphatic carboxylic acids is 1. The van der Waals surface area contributed by atoms with Gasteiger partial charge in [-0.25, -0.2) is 4.79 Å². The number of nitrogens with one attached hydrogen (secondary N) is 1. The van der Waals surface area contributed by atoms with Crippen LogP contribution in [0.25, 0.3) is 0 Å². The maximum atomic E-state index is 11.9. The molecule has 1 amide bonds. The van der Waals surface area contributed by atoms with Crippen LogP contribution in [0.4, 0.5) is 0 Å². The summed E-state index contributed by atoms with van der Waals surface area (Å²) in [6.07, 6.45) is 2.86. The highest BCUT2D eigenvalue weighted by Gasteiger charge is 2.35. The van der Waals surface area contributed by atoms with E-state index in [2.05, 4.69) is 5.32 Å². The monoisotopic (exact) mass is 262 g/mol. The summed E-state index contributed by atoms with van der Waals surface area (Å²) in [7, 11) is 0. The molecular weight excluding hydrogens is 244 g/mol. The van der Waals surface area contributed by atoms with Crippen LogP contribution < -0.4 is 11.1 Å². The van der Waals surface area contributed by atoms with Crippen molar-refractivity contribution < 1.29 is 14.7 Å². The van der Waals surface area contributed by atoms with Gasteiger partial charge in [-0.15, -0.1) is 0 Å². The minimum Gasteiger partial charge on any atom is -0.479 e. The van der Waals surface area contributed by atoms with Gasteiger partial charge >= 0.3 is 5.97 Å². The Morgan fingerprint density at radius 3 is 2.42 bits per heavy atom. The van der Waals surface area contributed by atoms with E-state index in [0.29, 0.717) is 5.56 Å². The second-order valence-corrected chi connectivity index (χ2v) is 5.14. The number of carboxylic acids is 1. The number of hydrogen-bond acceptors (Lipinski definition) is 3. The molecule has 2 rings (SSSR count). The molecule has 1 aliphatic carbocycles. The minimum atomic E-state index is -1.07. The highest BCUT2D eigenvalue weighted by molar-refractivity contribution is 5.85. The molecule has 0 aromatic heterocycles. The molecule has 1 aromatic carbocycles. The van der Waals surface area contributed by atoms with E-state index in [-0.39, 0.29) is 12.3 Å². The van der Waals surface area contributed by atoms with E-state index in [4.69, 9.17) is 5.73 Å². The van der Waals surface area contributed by atoms with E-state index >= 15 is 0 Å². The van der Waals surface area contributed by atoms with Gasteiger partial charge in [0.05, 0.1) is 0 Å². The van der Waals surface area contributed by atoms with Crippen LogP contribution in [-0.2, 0) is 9.59 Å². The van der Waals surface area contributed by atoms with E-state index < -0.39 is 17.6 Å². The first-order valence-corrected chi connectivity index (χ1v) is 6.36. The lowest BCUT2D eigenvalue weighted by Gasteiger charge is -2.37. The summed E-state index contributed by atoms with van der Waals surface area (Å²) in [5, 5.41) is 11.7. The Morgan fingerprint density at radius 1 is 1.32 bits per heavy atom. The third-order valence-corrected chi connectivity index (χ3v) is 3.55. The SMILES string of the molecule is NC1(CC(=O)N[C@H](C(=O)O)c2ccccc2)CCC1. The van der Waals surface area contributed by atoms with Crippen LogP contribution in [0.1, 0.15) is 37.3 Å². The fourth-order valence-corrected chi connectivity index (χ4v) is 2.27. The fraction of sp³-hybridized carbons (Fsp3) is 0.429. The summed E-state index contributed by atoms with van der Waals surface area (Å²) in [5.41, 5.74) is 6.10. The van der Waals surface area contributed by atoms with E-state index in [1.807, 2.05) is 0 Å². The molecular formula is C14H18N2O3. The van der Waals surface area contributed by atoms with Gasteiger partial charge in [0.1, 0.15) is 0 Å². The van der Waals surface area contributed by atoms with Crippen LogP contribution in [0.2, 0.25) is 0 Å². The summed E-state index contributed by atoms with van der Waals surface area (Å²) in [4.78, 5) is 23.1. The first kappa shape index (κ1) is 13.5. The summed E-state index contributed by atoms with van der Waals surface area (Å²) < 4.78 is 0. The summed E-state index contributed by atoms with van der Waals surface area (Å²) >= 11 is 0. The standard InChI is InChI=1S/C14H18N2O3/c15-14(7-4-8-14)9-11(17)16-12(13(18)19)10-5-2-1-3-6-10/h1-3,5-6,12H,4,7-9,15H2,(H,16,17)(H,18,19)/t12-/m0/s1. The first-order valence-electron chi connectivity index (χ1n) is 6.36. The lowest BCUT2D eigenvalue weighted by Crippen LogP contribution is -2.50. The summed E-state index contributed by atoms with van der Waals surface area (Å²) in [5.74, 6) is -1.38. The number of carboxylic acid groups (broad SMARTS) is 1. The molecule has 102 valence electrons. The van der Waals surface area contributed by atoms with Crippen LogP contribution >= 0.6 is 0 Å². The molecule has 1 fully saturated rings. The Hall–Kier alpha value is -1.88. The van der Waals surface area contributed by atoms with Crippen molar-refractivity contribution in [2.45, 2.75) is 37.3 Å². The van der Waals surface area contributed by atoms with Crippen molar-refractivity contribution in [1.82, 2.24) is 5.32 Å². The van der Waals surface area contributed by atoms with Gasteiger partial charge in [0, 0.05) is 12.0 Å². The molecule has 0 aliphatic heterocycles. The smallest absolute Gasteiger partial charge is 0.330 e. The lowest BCUT2D eigenvalue weighted by molar-refractivity contribution is -0.142. The summed E-state index contributed by atoms with van der Waals surface area (Å²) in [6.45, 7) is 0. The molecule has 0 spiro atoms. The first-order chi connectivity index (χ1) is 9.00. The zero-order valence-corrected chi connectivity index (χ0v) is 10.6. The Labute approximate surface area is 111 Å². The second-order valence-electron chi connectivity index (χ2n) is 5.14. The molecule has 1 aliphatic rings. The average Bonchev–Trinajstić information content (AvgIpc) is 2.35. The molecule has 5 heteroatoms. The number of carbonyl (C=O) groups excluding carboxylic acids is 1. The van der Waals surface area contributed by atoms with Gasteiger partial charge in [0.2, 0.25) is 5.91 Å². The Balaban J connectivity index is 2.01. The lowest BCUT2D eigenvalue weighted by atomic mass is 9.75. The van der Waals surface area contributed by atoms with Crippen molar-refractivity contribution in [3.05, 3.63) is 35.9 Å². The topological polar surface area (TPSA) is 92.4 Å². The van der Waals surface area contributed by atoms with Gasteiger partial charge in [-0.05, 0) is 24.8 Å². The average molecular weight is 262 g/mol. The van der Waals surface area contributed by atoms with Crippen molar-refractivity contribution in [2.24, 2.45) is 5.73 Å². The molecule has 4 N–H and O–H groups in total. The van der Waals surface area contributed by atoms with E-state index in [1.165, 1.54) is 0 Å². The molecule has 1 atom stereocenters. The van der Waals surface area contributed by atoms with E-state index in [1.54, 1.807) is 30.3 Å². The van der Waals surface area contributed by atoms with Crippen molar-refractivity contribution in [2.75, 3.05) is 0 Å². The predicted octanol–water partition coefficient (Wildman–Crippen LogP) is 1.20. The van der Waals surface area contributed by atoms with Crippen molar-refractivity contribution >= 4 is 11.9 Å². The normalized spacial score (nSPS) is 18.2. The van der Waals surface area contributed by atoms with Crippen LogP contribution in [-0.4, -0.2) is 22.5 Å². The number of amides is 1. The number of carbonyl (C=O) groups is 2. The summed E-state index contributed by atoms with van der Waals surface area (Å²) in [6, 6.07) is 7.63. The third-order valence-electron chi connectivity index (χ3n) is 3.55. The Kier molecular flexibility index (Phi) is 3.85. The second kappa shape index (κ2) is 5.40. The number of nitrogens with two attached hydrogens (primary N) is 1. The van der Waals surface area contributed by atoms with Gasteiger partial charge in [0.25, 0.3) is 0 Å². The van der Waals surface area contributed by atoms with Crippen molar-refractivity contribution in [3.8, 4) is 0 Å². The zero-order valence-electron chi connectivity index (χ0n) is 10.6. The maximum Gasteiger partial charge on any atom is 0.330 e. The Morgan fingerprint density at radius 2 is 1.95 bits per heavy atom. The highest BCUT2D eigenvalue weighted by Crippen LogP contribution is 2.32. The largest absolute Gasteiger partial charge is 0.479 e. The van der Waals surface area contributed by atoms with Crippen molar-refractivity contribution in [1.29, 1.82) is 0 Å². The fourth-order valence-electron chi connectivity index (χ4n) is 2.27. The van der Waals surface area contributed by atoms with E-state index in [0.717, 1.165) is 19.3 Å². The van der Waals surface area contributed by atoms with Crippen molar-refractivity contribution in [3.63, 3.8) is 0 Å². The highest BCUT2D eigenvalue weighted by atomic mass is 16.4. The molecule has 0 unspecified atom stereocenters. The van der Waals surface area contributed by atoms with Crippen LogP contribution in [0.15, 0.2) is 30.3 Å². The number of benzene rings is 1. The Bertz CT molecular complexity index is 469. The molecule has 19 heavy (non-hydrogen) atoms. The zero-order chi connectivity index (χ0) is 13.9. The van der Waals surface area contributed by atoms with Gasteiger partial charge in [-0.2, -0.15) is 0 Å². The quantitative estimate of drug-likeness (QED) is 0.743. The van der Waals surface area contributed by atoms with Gasteiger partial charge in [0.15, 0.2) is 6.04 Å². The van der Waals surface area contributed by atoms with Gasteiger partial charge < -0.3 is 16.2 Å². The number of hydrogen-bond donors (Lipinski definition) is 3. The predicted molar refractivity (Wildman–Crippen MR) is 70.3 cm³/mol. The third kappa shape index (κ3) is 3.32. The minimum absolute atomic E-state index is 0.184. The molecule has 1 aromatic rings. The molecule has 0 radical (unpaired) electrons. The molecule has 5 nitrogen and oxygen atoms in total. The molecule has 0 bridgehead atoms. The van der Waals surface area contributed by atoms with Gasteiger partial charge in [-0.1, -0.05) is 30.3 Å². The van der Waals surface area contributed by atoms with E-state index in [9.17, 15) is 14.7 Å². The maximum absolute atomic E-state index is 11.9. The van der Waals surface area contributed by atoms with Gasteiger partial charge in [-0.3, -0.25) is 4.79 Å².